The van der Waals surface area contributed by atoms with Crippen LogP contribution in [-0.2, 0) is 6.42 Å². The van der Waals surface area contributed by atoms with Crippen molar-refractivity contribution >= 4 is 17.4 Å². The first-order valence-electron chi connectivity index (χ1n) is 10.1. The highest BCUT2D eigenvalue weighted by atomic mass is 19.4. The third kappa shape index (κ3) is 3.83. The summed E-state index contributed by atoms with van der Waals surface area (Å²) < 4.78 is 51.3. The van der Waals surface area contributed by atoms with Gasteiger partial charge in [-0.25, -0.2) is 4.68 Å². The number of nitrogens with one attached hydrogen (secondary N) is 2. The van der Waals surface area contributed by atoms with E-state index >= 15 is 0 Å². The number of ether oxygens (including phenoxy) is 2. The van der Waals surface area contributed by atoms with E-state index in [9.17, 15) is 18.0 Å². The largest absolute Gasteiger partial charge is 0.454 e. The number of hydrogen-bond donors (Lipinski definition) is 2. The van der Waals surface area contributed by atoms with Crippen LogP contribution in [0.3, 0.4) is 0 Å². The number of halogens is 3. The van der Waals surface area contributed by atoms with Crippen molar-refractivity contribution in [2.45, 2.75) is 25.1 Å². The SMILES string of the molecule is O=C(Nc1ccc(Cc2ccc3c(c2)OCO3)cc1)c1cnn2c1NCCC2C(F)(F)F. The number of anilines is 2. The third-order valence-electron chi connectivity index (χ3n) is 5.48. The highest BCUT2D eigenvalue weighted by Crippen LogP contribution is 2.38. The van der Waals surface area contributed by atoms with Crippen LogP contribution in [0.25, 0.3) is 0 Å². The molecule has 5 rings (SSSR count). The first kappa shape index (κ1) is 20.2. The van der Waals surface area contributed by atoms with Gasteiger partial charge in [0.25, 0.3) is 5.91 Å². The summed E-state index contributed by atoms with van der Waals surface area (Å²) in [5.74, 6) is 1.00. The van der Waals surface area contributed by atoms with Crippen molar-refractivity contribution in [3.8, 4) is 11.5 Å². The molecule has 7 nitrogen and oxygen atoms in total. The molecule has 1 unspecified atom stereocenters. The van der Waals surface area contributed by atoms with E-state index in [1.54, 1.807) is 12.1 Å². The topological polar surface area (TPSA) is 77.4 Å². The number of carbonyl (C=O) groups is 1. The molecule has 0 radical (unpaired) electrons. The second-order valence-corrected chi connectivity index (χ2v) is 7.64. The number of rotatable bonds is 4. The summed E-state index contributed by atoms with van der Waals surface area (Å²) in [5, 5.41) is 9.38. The van der Waals surface area contributed by atoms with Crippen molar-refractivity contribution in [3.63, 3.8) is 0 Å². The Morgan fingerprint density at radius 3 is 2.66 bits per heavy atom. The highest BCUT2D eigenvalue weighted by molar-refractivity contribution is 6.07. The fourth-order valence-corrected chi connectivity index (χ4v) is 3.88. The Balaban J connectivity index is 1.27. The average molecular weight is 444 g/mol. The normalized spacial score (nSPS) is 16.9. The van der Waals surface area contributed by atoms with Gasteiger partial charge in [-0.05, 0) is 48.2 Å². The monoisotopic (exact) mass is 444 g/mol. The molecule has 1 aromatic heterocycles. The van der Waals surface area contributed by atoms with E-state index in [4.69, 9.17) is 9.47 Å². The second kappa shape index (κ2) is 7.77. The predicted octanol–water partition coefficient (Wildman–Crippen LogP) is 4.37. The number of aromatic nitrogens is 2. The van der Waals surface area contributed by atoms with Gasteiger partial charge in [0.2, 0.25) is 6.79 Å². The highest BCUT2D eigenvalue weighted by Gasteiger charge is 2.44. The third-order valence-corrected chi connectivity index (χ3v) is 5.48. The number of carbonyl (C=O) groups excluding carboxylic acids is 1. The lowest BCUT2D eigenvalue weighted by atomic mass is 10.0. The molecular weight excluding hydrogens is 425 g/mol. The minimum absolute atomic E-state index is 0.0726. The molecule has 2 aliphatic heterocycles. The van der Waals surface area contributed by atoms with E-state index in [2.05, 4.69) is 15.7 Å². The average Bonchev–Trinajstić information content (AvgIpc) is 3.40. The Morgan fingerprint density at radius 2 is 1.88 bits per heavy atom. The van der Waals surface area contributed by atoms with E-state index in [0.29, 0.717) is 12.1 Å². The maximum atomic E-state index is 13.2. The quantitative estimate of drug-likeness (QED) is 0.625. The van der Waals surface area contributed by atoms with Gasteiger partial charge >= 0.3 is 6.18 Å². The van der Waals surface area contributed by atoms with Gasteiger partial charge in [0, 0.05) is 12.2 Å². The molecule has 32 heavy (non-hydrogen) atoms. The molecule has 0 aliphatic carbocycles. The molecule has 0 bridgehead atoms. The van der Waals surface area contributed by atoms with Crippen molar-refractivity contribution in [1.82, 2.24) is 9.78 Å². The van der Waals surface area contributed by atoms with Crippen LogP contribution in [0, 0.1) is 0 Å². The number of benzene rings is 2. The van der Waals surface area contributed by atoms with Crippen LogP contribution < -0.4 is 20.1 Å². The summed E-state index contributed by atoms with van der Waals surface area (Å²) in [6, 6.07) is 11.3. The number of fused-ring (bicyclic) bond motifs is 2. The van der Waals surface area contributed by atoms with Crippen LogP contribution in [0.1, 0.15) is 33.9 Å². The molecule has 2 aliphatic rings. The number of amides is 1. The van der Waals surface area contributed by atoms with Crippen LogP contribution in [-0.4, -0.2) is 35.2 Å². The van der Waals surface area contributed by atoms with E-state index < -0.39 is 18.1 Å². The maximum absolute atomic E-state index is 13.2. The van der Waals surface area contributed by atoms with Gasteiger partial charge in [-0.15, -0.1) is 0 Å². The van der Waals surface area contributed by atoms with E-state index in [-0.39, 0.29) is 31.1 Å². The lowest BCUT2D eigenvalue weighted by Gasteiger charge is -2.27. The van der Waals surface area contributed by atoms with Crippen LogP contribution >= 0.6 is 0 Å². The standard InChI is InChI=1S/C22H19F3N4O3/c23-22(24,25)19-7-8-26-20-16(11-27-29(19)20)21(30)28-15-4-1-13(2-5-15)9-14-3-6-17-18(10-14)32-12-31-17/h1-6,10-11,19,26H,7-9,12H2,(H,28,30). The summed E-state index contributed by atoms with van der Waals surface area (Å²) in [5.41, 5.74) is 2.69. The molecule has 10 heteroatoms. The minimum Gasteiger partial charge on any atom is -0.454 e. The van der Waals surface area contributed by atoms with Gasteiger partial charge < -0.3 is 20.1 Å². The van der Waals surface area contributed by atoms with Crippen LogP contribution in [0.4, 0.5) is 24.7 Å². The van der Waals surface area contributed by atoms with E-state index in [1.807, 2.05) is 30.3 Å². The number of alkyl halides is 3. The molecule has 3 heterocycles. The first-order chi connectivity index (χ1) is 15.4. The summed E-state index contributed by atoms with van der Waals surface area (Å²) >= 11 is 0. The fourth-order valence-electron chi connectivity index (χ4n) is 3.88. The van der Waals surface area contributed by atoms with Gasteiger partial charge in [0.05, 0.1) is 6.20 Å². The van der Waals surface area contributed by atoms with E-state index in [0.717, 1.165) is 33.5 Å². The Morgan fingerprint density at radius 1 is 1.12 bits per heavy atom. The molecule has 0 spiro atoms. The van der Waals surface area contributed by atoms with Crippen molar-refractivity contribution in [3.05, 3.63) is 65.4 Å². The molecule has 166 valence electrons. The number of hydrogen-bond acceptors (Lipinski definition) is 5. The Kier molecular flexibility index (Phi) is 4.91. The molecule has 0 fully saturated rings. The molecule has 3 aromatic rings. The summed E-state index contributed by atoms with van der Waals surface area (Å²) in [6.07, 6.45) is -2.73. The van der Waals surface area contributed by atoms with Crippen LogP contribution in [0.5, 0.6) is 11.5 Å². The second-order valence-electron chi connectivity index (χ2n) is 7.64. The van der Waals surface area contributed by atoms with E-state index in [1.165, 1.54) is 0 Å². The zero-order valence-corrected chi connectivity index (χ0v) is 16.8. The first-order valence-corrected chi connectivity index (χ1v) is 10.1. The van der Waals surface area contributed by atoms with Gasteiger partial charge in [0.1, 0.15) is 11.4 Å². The Hall–Kier alpha value is -3.69. The molecule has 2 N–H and O–H groups in total. The lowest BCUT2D eigenvalue weighted by Crippen LogP contribution is -2.34. The summed E-state index contributed by atoms with van der Waals surface area (Å²) in [7, 11) is 0. The van der Waals surface area contributed by atoms with Gasteiger partial charge in [-0.1, -0.05) is 18.2 Å². The van der Waals surface area contributed by atoms with Gasteiger partial charge in [-0.2, -0.15) is 18.3 Å². The molecule has 1 atom stereocenters. The van der Waals surface area contributed by atoms with Crippen molar-refractivity contribution in [2.75, 3.05) is 24.0 Å². The van der Waals surface area contributed by atoms with Gasteiger partial charge in [0.15, 0.2) is 17.5 Å². The molecule has 0 saturated heterocycles. The Labute approximate surface area is 181 Å². The predicted molar refractivity (Wildman–Crippen MR) is 110 cm³/mol. The summed E-state index contributed by atoms with van der Waals surface area (Å²) in [6.45, 7) is 0.338. The maximum Gasteiger partial charge on any atom is 0.410 e. The summed E-state index contributed by atoms with van der Waals surface area (Å²) in [4.78, 5) is 12.7. The Bertz CT molecular complexity index is 1160. The van der Waals surface area contributed by atoms with Crippen molar-refractivity contribution in [2.24, 2.45) is 0 Å². The van der Waals surface area contributed by atoms with Crippen LogP contribution in [0.2, 0.25) is 0 Å². The zero-order valence-electron chi connectivity index (χ0n) is 16.8. The fraction of sp³-hybridized carbons (Fsp3) is 0.273. The van der Waals surface area contributed by atoms with Crippen molar-refractivity contribution < 1.29 is 27.4 Å². The minimum atomic E-state index is -4.43. The van der Waals surface area contributed by atoms with Gasteiger partial charge in [-0.3, -0.25) is 4.79 Å². The zero-order chi connectivity index (χ0) is 22.3. The number of nitrogens with zero attached hydrogens (tertiary/aromatic N) is 2. The molecule has 1 amide bonds. The lowest BCUT2D eigenvalue weighted by molar-refractivity contribution is -0.171. The van der Waals surface area contributed by atoms with Crippen molar-refractivity contribution in [1.29, 1.82) is 0 Å². The smallest absolute Gasteiger partial charge is 0.410 e. The molecule has 2 aromatic carbocycles. The van der Waals surface area contributed by atoms with Crippen LogP contribution in [0.15, 0.2) is 48.7 Å². The molecular formula is C22H19F3N4O3. The molecule has 0 saturated carbocycles.